The SMILES string of the molecule is Cc1cccc(C(=O)NCC(=O)OC(C(=O)Nc2cc(C(F)(F)F)ccc2Cl)c2ccccc2)c1. The van der Waals surface area contributed by atoms with Crippen molar-refractivity contribution in [2.45, 2.75) is 19.2 Å². The fraction of sp³-hybridized carbons (Fsp3) is 0.160. The van der Waals surface area contributed by atoms with E-state index >= 15 is 0 Å². The average Bonchev–Trinajstić information content (AvgIpc) is 2.82. The summed E-state index contributed by atoms with van der Waals surface area (Å²) in [6, 6.07) is 17.1. The fourth-order valence-electron chi connectivity index (χ4n) is 3.11. The van der Waals surface area contributed by atoms with E-state index in [1.807, 2.05) is 13.0 Å². The molecule has 2 amide bonds. The molecule has 0 aliphatic carbocycles. The van der Waals surface area contributed by atoms with Gasteiger partial charge in [0.15, 0.2) is 0 Å². The maximum atomic E-state index is 13.1. The van der Waals surface area contributed by atoms with E-state index in [4.69, 9.17) is 16.3 Å². The summed E-state index contributed by atoms with van der Waals surface area (Å²) in [5.41, 5.74) is 0.163. The van der Waals surface area contributed by atoms with Gasteiger partial charge in [-0.25, -0.2) is 0 Å². The largest absolute Gasteiger partial charge is 0.446 e. The van der Waals surface area contributed by atoms with Crippen molar-refractivity contribution in [2.75, 3.05) is 11.9 Å². The quantitative estimate of drug-likeness (QED) is 0.426. The monoisotopic (exact) mass is 504 g/mol. The molecule has 0 saturated carbocycles. The minimum Gasteiger partial charge on any atom is -0.446 e. The van der Waals surface area contributed by atoms with Gasteiger partial charge in [-0.1, -0.05) is 59.6 Å². The molecule has 0 aliphatic heterocycles. The number of aryl methyl sites for hydroxylation is 1. The topological polar surface area (TPSA) is 84.5 Å². The van der Waals surface area contributed by atoms with E-state index in [0.717, 1.165) is 17.7 Å². The number of alkyl halides is 3. The van der Waals surface area contributed by atoms with Gasteiger partial charge in [-0.15, -0.1) is 0 Å². The Morgan fingerprint density at radius 3 is 2.34 bits per heavy atom. The van der Waals surface area contributed by atoms with Crippen LogP contribution in [0.1, 0.15) is 33.2 Å². The molecule has 3 aromatic rings. The predicted octanol–water partition coefficient (Wildman–Crippen LogP) is 5.32. The first-order chi connectivity index (χ1) is 16.5. The number of ether oxygens (including phenoxy) is 1. The molecule has 0 bridgehead atoms. The van der Waals surface area contributed by atoms with E-state index < -0.39 is 42.2 Å². The molecule has 0 spiro atoms. The second-order valence-corrected chi connectivity index (χ2v) is 7.92. The third-order valence-electron chi connectivity index (χ3n) is 4.81. The highest BCUT2D eigenvalue weighted by molar-refractivity contribution is 6.33. The zero-order valence-electron chi connectivity index (χ0n) is 18.4. The Morgan fingerprint density at radius 1 is 0.971 bits per heavy atom. The van der Waals surface area contributed by atoms with Crippen LogP contribution in [0, 0.1) is 6.92 Å². The zero-order valence-corrected chi connectivity index (χ0v) is 19.1. The molecule has 35 heavy (non-hydrogen) atoms. The van der Waals surface area contributed by atoms with Crippen molar-refractivity contribution in [1.29, 1.82) is 0 Å². The van der Waals surface area contributed by atoms with Crippen LogP contribution in [0.25, 0.3) is 0 Å². The van der Waals surface area contributed by atoms with Gasteiger partial charge in [0.2, 0.25) is 6.10 Å². The van der Waals surface area contributed by atoms with Gasteiger partial charge >= 0.3 is 12.1 Å². The lowest BCUT2D eigenvalue weighted by Gasteiger charge is -2.19. The molecule has 2 N–H and O–H groups in total. The van der Waals surface area contributed by atoms with Gasteiger partial charge in [0.1, 0.15) is 6.54 Å². The van der Waals surface area contributed by atoms with Gasteiger partial charge in [-0.2, -0.15) is 13.2 Å². The van der Waals surface area contributed by atoms with Crippen LogP contribution in [0.3, 0.4) is 0 Å². The second kappa shape index (κ2) is 11.1. The van der Waals surface area contributed by atoms with Crippen LogP contribution in [0.4, 0.5) is 18.9 Å². The van der Waals surface area contributed by atoms with E-state index in [0.29, 0.717) is 11.6 Å². The molecular formula is C25H20ClF3N2O4. The summed E-state index contributed by atoms with van der Waals surface area (Å²) in [4.78, 5) is 37.7. The van der Waals surface area contributed by atoms with Crippen molar-refractivity contribution >= 4 is 35.1 Å². The number of hydrogen-bond donors (Lipinski definition) is 2. The number of rotatable bonds is 7. The Balaban J connectivity index is 1.74. The van der Waals surface area contributed by atoms with E-state index in [9.17, 15) is 27.6 Å². The lowest BCUT2D eigenvalue weighted by Crippen LogP contribution is -2.33. The predicted molar refractivity (Wildman–Crippen MR) is 124 cm³/mol. The molecule has 0 saturated heterocycles. The summed E-state index contributed by atoms with van der Waals surface area (Å²) in [6.45, 7) is 1.28. The number of amides is 2. The summed E-state index contributed by atoms with van der Waals surface area (Å²) in [7, 11) is 0. The summed E-state index contributed by atoms with van der Waals surface area (Å²) >= 11 is 5.96. The molecule has 6 nitrogen and oxygen atoms in total. The van der Waals surface area contributed by atoms with Gasteiger partial charge < -0.3 is 15.4 Å². The van der Waals surface area contributed by atoms with Gasteiger partial charge in [0.25, 0.3) is 11.8 Å². The lowest BCUT2D eigenvalue weighted by molar-refractivity contribution is -0.153. The van der Waals surface area contributed by atoms with Crippen molar-refractivity contribution in [1.82, 2.24) is 5.32 Å². The molecular weight excluding hydrogens is 485 g/mol. The number of anilines is 1. The minimum absolute atomic E-state index is 0.130. The number of benzene rings is 3. The molecule has 1 unspecified atom stereocenters. The van der Waals surface area contributed by atoms with Gasteiger partial charge in [-0.3, -0.25) is 14.4 Å². The Hall–Kier alpha value is -3.85. The van der Waals surface area contributed by atoms with Crippen LogP contribution < -0.4 is 10.6 Å². The summed E-state index contributed by atoms with van der Waals surface area (Å²) in [6.07, 6.45) is -6.16. The first-order valence-electron chi connectivity index (χ1n) is 10.3. The molecule has 182 valence electrons. The van der Waals surface area contributed by atoms with E-state index in [2.05, 4.69) is 10.6 Å². The Bertz CT molecular complexity index is 1230. The smallest absolute Gasteiger partial charge is 0.416 e. The number of nitrogens with one attached hydrogen (secondary N) is 2. The minimum atomic E-state index is -4.65. The third kappa shape index (κ3) is 7.07. The number of hydrogen-bond acceptors (Lipinski definition) is 4. The van der Waals surface area contributed by atoms with Crippen molar-refractivity contribution in [3.63, 3.8) is 0 Å². The first-order valence-corrected chi connectivity index (χ1v) is 10.7. The highest BCUT2D eigenvalue weighted by Crippen LogP contribution is 2.34. The Labute approximate surface area is 204 Å². The van der Waals surface area contributed by atoms with Crippen molar-refractivity contribution < 1.29 is 32.3 Å². The molecule has 0 radical (unpaired) electrons. The van der Waals surface area contributed by atoms with Crippen LogP contribution >= 0.6 is 11.6 Å². The Kier molecular flexibility index (Phi) is 8.14. The number of esters is 1. The molecule has 0 aromatic heterocycles. The number of carbonyl (C=O) groups is 3. The highest BCUT2D eigenvalue weighted by atomic mass is 35.5. The molecule has 1 atom stereocenters. The molecule has 0 fully saturated rings. The van der Waals surface area contributed by atoms with Gasteiger partial charge in [0, 0.05) is 11.1 Å². The summed E-state index contributed by atoms with van der Waals surface area (Å²) in [5, 5.41) is 4.57. The molecule has 3 rings (SSSR count). The zero-order chi connectivity index (χ0) is 25.6. The van der Waals surface area contributed by atoms with E-state index in [1.54, 1.807) is 36.4 Å². The second-order valence-electron chi connectivity index (χ2n) is 7.51. The van der Waals surface area contributed by atoms with Crippen LogP contribution in [-0.4, -0.2) is 24.3 Å². The van der Waals surface area contributed by atoms with Crippen molar-refractivity contribution in [3.05, 3.63) is 100 Å². The lowest BCUT2D eigenvalue weighted by atomic mass is 10.1. The standard InChI is InChI=1S/C25H20ClF3N2O4/c1-15-6-5-9-17(12-15)23(33)30-14-21(32)35-22(16-7-3-2-4-8-16)24(34)31-20-13-18(25(27,28)29)10-11-19(20)26/h2-13,22H,14H2,1H3,(H,30,33)(H,31,34). The van der Waals surface area contributed by atoms with Gasteiger partial charge in [-0.05, 0) is 37.3 Å². The molecule has 10 heteroatoms. The average molecular weight is 505 g/mol. The Morgan fingerprint density at radius 2 is 1.69 bits per heavy atom. The van der Waals surface area contributed by atoms with Crippen LogP contribution in [-0.2, 0) is 20.5 Å². The normalized spacial score (nSPS) is 11.9. The molecule has 3 aromatic carbocycles. The maximum Gasteiger partial charge on any atom is 0.416 e. The molecule has 0 heterocycles. The first kappa shape index (κ1) is 25.8. The maximum absolute atomic E-state index is 13.1. The van der Waals surface area contributed by atoms with Gasteiger partial charge in [0.05, 0.1) is 16.3 Å². The highest BCUT2D eigenvalue weighted by Gasteiger charge is 2.32. The van der Waals surface area contributed by atoms with Crippen LogP contribution in [0.15, 0.2) is 72.8 Å². The van der Waals surface area contributed by atoms with Crippen molar-refractivity contribution in [3.8, 4) is 0 Å². The summed E-state index contributed by atoms with van der Waals surface area (Å²) in [5.74, 6) is -2.36. The third-order valence-corrected chi connectivity index (χ3v) is 5.14. The van der Waals surface area contributed by atoms with Crippen molar-refractivity contribution in [2.24, 2.45) is 0 Å². The molecule has 0 aliphatic rings. The number of halogens is 4. The van der Waals surface area contributed by atoms with E-state index in [1.165, 1.54) is 12.1 Å². The van der Waals surface area contributed by atoms with Crippen LogP contribution in [0.2, 0.25) is 5.02 Å². The van der Waals surface area contributed by atoms with Crippen LogP contribution in [0.5, 0.6) is 0 Å². The number of carbonyl (C=O) groups excluding carboxylic acids is 3. The van der Waals surface area contributed by atoms with E-state index in [-0.39, 0.29) is 16.3 Å². The summed E-state index contributed by atoms with van der Waals surface area (Å²) < 4.78 is 44.5. The fourth-order valence-corrected chi connectivity index (χ4v) is 3.28.